The number of thiocarbonyl (C=S) groups is 1. The van der Waals surface area contributed by atoms with Gasteiger partial charge in [-0.15, -0.1) is 0 Å². The van der Waals surface area contributed by atoms with E-state index in [0.717, 1.165) is 35.2 Å². The molecule has 0 saturated carbocycles. The number of carbonyl (C=O) groups is 2. The lowest BCUT2D eigenvalue weighted by Gasteiger charge is -2.15. The largest absolute Gasteiger partial charge is 0.462 e. The molecular formula is C27H25NO4S2. The Hall–Kier alpha value is -3.16. The second-order valence-electron chi connectivity index (χ2n) is 8.05. The highest BCUT2D eigenvalue weighted by atomic mass is 32.2. The monoisotopic (exact) mass is 491 g/mol. The molecule has 34 heavy (non-hydrogen) atoms. The molecule has 0 unspecified atom stereocenters. The maximum Gasteiger partial charge on any atom is 0.338 e. The predicted octanol–water partition coefficient (Wildman–Crippen LogP) is 6.93. The molecule has 174 valence electrons. The minimum atomic E-state index is -0.328. The molecule has 0 bridgehead atoms. The van der Waals surface area contributed by atoms with Gasteiger partial charge in [0, 0.05) is 11.6 Å². The fourth-order valence-electron chi connectivity index (χ4n) is 3.43. The van der Waals surface area contributed by atoms with Crippen molar-refractivity contribution in [1.29, 1.82) is 0 Å². The third kappa shape index (κ3) is 5.16. The highest BCUT2D eigenvalue weighted by Gasteiger charge is 2.33. The van der Waals surface area contributed by atoms with Crippen LogP contribution in [0.4, 0.5) is 5.69 Å². The second kappa shape index (κ2) is 10.4. The van der Waals surface area contributed by atoms with Crippen molar-refractivity contribution in [2.24, 2.45) is 0 Å². The first kappa shape index (κ1) is 24.0. The van der Waals surface area contributed by atoms with Crippen LogP contribution in [0.3, 0.4) is 0 Å². The van der Waals surface area contributed by atoms with E-state index in [1.165, 1.54) is 11.8 Å². The first-order valence-corrected chi connectivity index (χ1v) is 12.3. The predicted molar refractivity (Wildman–Crippen MR) is 141 cm³/mol. The van der Waals surface area contributed by atoms with Crippen molar-refractivity contribution in [1.82, 2.24) is 0 Å². The van der Waals surface area contributed by atoms with E-state index in [4.69, 9.17) is 21.4 Å². The van der Waals surface area contributed by atoms with Gasteiger partial charge in [-0.3, -0.25) is 9.69 Å². The molecule has 0 N–H and O–H groups in total. The zero-order chi connectivity index (χ0) is 24.2. The fourth-order valence-corrected chi connectivity index (χ4v) is 4.71. The summed E-state index contributed by atoms with van der Waals surface area (Å²) in [7, 11) is 0. The van der Waals surface area contributed by atoms with Crippen LogP contribution in [-0.4, -0.2) is 22.8 Å². The number of carbonyl (C=O) groups excluding carboxylic acids is 2. The van der Waals surface area contributed by atoms with Crippen LogP contribution in [0.1, 0.15) is 47.0 Å². The minimum Gasteiger partial charge on any atom is -0.462 e. The van der Waals surface area contributed by atoms with Gasteiger partial charge >= 0.3 is 5.97 Å². The maximum atomic E-state index is 13.1. The molecule has 1 fully saturated rings. The number of hydrogen-bond donors (Lipinski definition) is 0. The lowest BCUT2D eigenvalue weighted by atomic mass is 10.1. The number of furan rings is 1. The van der Waals surface area contributed by atoms with Crippen LogP contribution in [0.5, 0.6) is 0 Å². The van der Waals surface area contributed by atoms with Crippen molar-refractivity contribution in [3.8, 4) is 11.3 Å². The number of esters is 1. The summed E-state index contributed by atoms with van der Waals surface area (Å²) in [5, 5.41) is 0. The van der Waals surface area contributed by atoms with Crippen molar-refractivity contribution in [2.75, 3.05) is 11.5 Å². The van der Waals surface area contributed by atoms with Gasteiger partial charge in [0.15, 0.2) is 4.32 Å². The first-order valence-electron chi connectivity index (χ1n) is 11.1. The average molecular weight is 492 g/mol. The lowest BCUT2D eigenvalue weighted by molar-refractivity contribution is -0.113. The van der Waals surface area contributed by atoms with E-state index in [9.17, 15) is 9.59 Å². The summed E-state index contributed by atoms with van der Waals surface area (Å²) >= 11 is 6.73. The van der Waals surface area contributed by atoms with Gasteiger partial charge in [0.25, 0.3) is 5.91 Å². The van der Waals surface area contributed by atoms with E-state index < -0.39 is 0 Å². The number of nitrogens with zero attached hydrogens (tertiary/aromatic N) is 1. The third-order valence-corrected chi connectivity index (χ3v) is 6.88. The summed E-state index contributed by atoms with van der Waals surface area (Å²) in [5.41, 5.74) is 4.36. The molecule has 0 spiro atoms. The molecule has 2 aromatic carbocycles. The fraction of sp³-hybridized carbons (Fsp3) is 0.222. The summed E-state index contributed by atoms with van der Waals surface area (Å²) in [6.45, 7) is 6.52. The number of hydrogen-bond acceptors (Lipinski definition) is 6. The molecule has 0 atom stereocenters. The highest BCUT2D eigenvalue weighted by Crippen LogP contribution is 2.37. The van der Waals surface area contributed by atoms with E-state index >= 15 is 0 Å². The minimum absolute atomic E-state index is 0.165. The Labute approximate surface area is 208 Å². The summed E-state index contributed by atoms with van der Waals surface area (Å²) in [6, 6.07) is 16.6. The van der Waals surface area contributed by atoms with Gasteiger partial charge in [0.05, 0.1) is 22.8 Å². The molecule has 0 aliphatic carbocycles. The van der Waals surface area contributed by atoms with Gasteiger partial charge in [-0.05, 0) is 67.8 Å². The maximum absolute atomic E-state index is 13.1. The second-order valence-corrected chi connectivity index (χ2v) is 9.73. The number of unbranched alkanes of at least 4 members (excludes halogenated alkanes) is 1. The van der Waals surface area contributed by atoms with Gasteiger partial charge in [-0.25, -0.2) is 4.79 Å². The van der Waals surface area contributed by atoms with Crippen molar-refractivity contribution >= 4 is 51.9 Å². The number of ether oxygens (including phenoxy) is 1. The third-order valence-electron chi connectivity index (χ3n) is 5.58. The smallest absolute Gasteiger partial charge is 0.338 e. The molecule has 2 heterocycles. The SMILES string of the molecule is CCCCOC(=O)c1ccc(-c2ccc(/C=C3/SC(=S)N(c4ccc(C)c(C)c4)C3=O)o2)cc1. The van der Waals surface area contributed by atoms with Crippen LogP contribution in [0, 0.1) is 13.8 Å². The molecule has 0 radical (unpaired) electrons. The van der Waals surface area contributed by atoms with Gasteiger partial charge in [-0.1, -0.05) is 55.5 Å². The van der Waals surface area contributed by atoms with Crippen molar-refractivity contribution in [3.63, 3.8) is 0 Å². The van der Waals surface area contributed by atoms with Gasteiger partial charge in [0.1, 0.15) is 11.5 Å². The number of benzene rings is 2. The zero-order valence-corrected chi connectivity index (χ0v) is 20.9. The highest BCUT2D eigenvalue weighted by molar-refractivity contribution is 8.27. The average Bonchev–Trinajstić information content (AvgIpc) is 3.40. The van der Waals surface area contributed by atoms with Crippen molar-refractivity contribution in [2.45, 2.75) is 33.6 Å². The molecule has 1 aliphatic heterocycles. The van der Waals surface area contributed by atoms with Crippen LogP contribution in [-0.2, 0) is 9.53 Å². The normalized spacial score (nSPS) is 14.8. The van der Waals surface area contributed by atoms with E-state index in [2.05, 4.69) is 0 Å². The topological polar surface area (TPSA) is 59.8 Å². The molecule has 1 amide bonds. The Balaban J connectivity index is 1.48. The Morgan fingerprint density at radius 2 is 1.85 bits per heavy atom. The summed E-state index contributed by atoms with van der Waals surface area (Å²) in [5.74, 6) is 0.702. The number of aryl methyl sites for hydroxylation is 2. The van der Waals surface area contributed by atoms with Crippen LogP contribution in [0.25, 0.3) is 17.4 Å². The van der Waals surface area contributed by atoms with E-state index in [0.29, 0.717) is 32.9 Å². The van der Waals surface area contributed by atoms with Crippen LogP contribution < -0.4 is 4.90 Å². The van der Waals surface area contributed by atoms with E-state index in [1.807, 2.05) is 63.2 Å². The number of rotatable bonds is 7. The molecule has 5 nitrogen and oxygen atoms in total. The molecule has 1 aliphatic rings. The van der Waals surface area contributed by atoms with Crippen LogP contribution in [0.2, 0.25) is 0 Å². The van der Waals surface area contributed by atoms with Gasteiger partial charge < -0.3 is 9.15 Å². The van der Waals surface area contributed by atoms with E-state index in [1.54, 1.807) is 23.1 Å². The van der Waals surface area contributed by atoms with Crippen molar-refractivity contribution < 1.29 is 18.7 Å². The Kier molecular flexibility index (Phi) is 7.34. The molecule has 4 rings (SSSR count). The Morgan fingerprint density at radius 3 is 2.56 bits per heavy atom. The van der Waals surface area contributed by atoms with Gasteiger partial charge in [0.2, 0.25) is 0 Å². The quantitative estimate of drug-likeness (QED) is 0.155. The summed E-state index contributed by atoms with van der Waals surface area (Å²) in [4.78, 5) is 27.2. The molecule has 7 heteroatoms. The number of amides is 1. The Bertz CT molecular complexity index is 1270. The molecule has 3 aromatic rings. The summed E-state index contributed by atoms with van der Waals surface area (Å²) in [6.07, 6.45) is 3.54. The summed E-state index contributed by atoms with van der Waals surface area (Å²) < 4.78 is 11.7. The molecular weight excluding hydrogens is 466 g/mol. The van der Waals surface area contributed by atoms with E-state index in [-0.39, 0.29) is 11.9 Å². The number of thioether (sulfide) groups is 1. The van der Waals surface area contributed by atoms with Crippen molar-refractivity contribution in [3.05, 3.63) is 82.0 Å². The number of anilines is 1. The van der Waals surface area contributed by atoms with Gasteiger partial charge in [-0.2, -0.15) is 0 Å². The Morgan fingerprint density at radius 1 is 1.09 bits per heavy atom. The van der Waals surface area contributed by atoms with Crippen LogP contribution >= 0.6 is 24.0 Å². The lowest BCUT2D eigenvalue weighted by Crippen LogP contribution is -2.27. The zero-order valence-electron chi connectivity index (χ0n) is 19.3. The van der Waals surface area contributed by atoms with Crippen LogP contribution in [0.15, 0.2) is 63.9 Å². The molecule has 1 aromatic heterocycles. The molecule has 1 saturated heterocycles. The standard InChI is InChI=1S/C27H25NO4S2/c1-4-5-14-31-26(30)20-9-7-19(8-10-20)23-13-12-22(32-23)16-24-25(29)28(27(33)34-24)21-11-6-17(2)18(3)15-21/h6-13,15-16H,4-5,14H2,1-3H3/b24-16+. The first-order chi connectivity index (χ1) is 16.4.